The van der Waals surface area contributed by atoms with Crippen LogP contribution in [0.1, 0.15) is 29.8 Å². The largest absolute Gasteiger partial charge is 0.478 e. The molecule has 1 aliphatic rings. The van der Waals surface area contributed by atoms with Gasteiger partial charge in [0, 0.05) is 13.1 Å². The molecule has 1 aromatic carbocycles. The summed E-state index contributed by atoms with van der Waals surface area (Å²) in [7, 11) is 0. The normalized spacial score (nSPS) is 24.1. The van der Waals surface area contributed by atoms with Crippen molar-refractivity contribution in [1.29, 1.82) is 0 Å². The van der Waals surface area contributed by atoms with Crippen molar-refractivity contribution in [1.82, 2.24) is 0 Å². The quantitative estimate of drug-likeness (QED) is 0.873. The summed E-state index contributed by atoms with van der Waals surface area (Å²) in [6, 6.07) is 5.40. The third kappa shape index (κ3) is 2.48. The van der Waals surface area contributed by atoms with Crippen LogP contribution in [0, 0.1) is 6.92 Å². The van der Waals surface area contributed by atoms with E-state index in [1.165, 1.54) is 0 Å². The van der Waals surface area contributed by atoms with E-state index in [1.54, 1.807) is 12.1 Å². The fourth-order valence-electron chi connectivity index (χ4n) is 2.61. The molecule has 4 heteroatoms. The number of hydrogen-bond acceptors (Lipinski definition) is 3. The van der Waals surface area contributed by atoms with Crippen molar-refractivity contribution in [2.75, 3.05) is 18.0 Å². The summed E-state index contributed by atoms with van der Waals surface area (Å²) in [5.41, 5.74) is 2.19. The monoisotopic (exact) mass is 249 g/mol. The number of anilines is 1. The smallest absolute Gasteiger partial charge is 0.337 e. The Morgan fingerprint density at radius 3 is 2.50 bits per heavy atom. The first kappa shape index (κ1) is 12.9. The maximum atomic E-state index is 11.3. The van der Waals surface area contributed by atoms with Crippen molar-refractivity contribution in [3.05, 3.63) is 29.3 Å². The molecule has 2 atom stereocenters. The van der Waals surface area contributed by atoms with Crippen LogP contribution in [0.25, 0.3) is 0 Å². The SMILES string of the molecule is Cc1cccc(C(=O)O)c1N1CC(C)OC(C)C1. The molecule has 4 nitrogen and oxygen atoms in total. The van der Waals surface area contributed by atoms with E-state index in [0.717, 1.165) is 24.3 Å². The molecule has 2 unspecified atom stereocenters. The van der Waals surface area contributed by atoms with Crippen molar-refractivity contribution >= 4 is 11.7 Å². The number of carboxylic acids is 1. The Morgan fingerprint density at radius 2 is 1.94 bits per heavy atom. The van der Waals surface area contributed by atoms with E-state index >= 15 is 0 Å². The summed E-state index contributed by atoms with van der Waals surface area (Å²) >= 11 is 0. The average Bonchev–Trinajstić information content (AvgIpc) is 2.26. The summed E-state index contributed by atoms with van der Waals surface area (Å²) < 4.78 is 5.69. The number of ether oxygens (including phenoxy) is 1. The van der Waals surface area contributed by atoms with Gasteiger partial charge in [-0.25, -0.2) is 4.79 Å². The minimum atomic E-state index is -0.875. The van der Waals surface area contributed by atoms with Gasteiger partial charge in [-0.3, -0.25) is 0 Å². The van der Waals surface area contributed by atoms with Gasteiger partial charge in [0.1, 0.15) is 0 Å². The third-order valence-electron chi connectivity index (χ3n) is 3.20. The molecule has 1 heterocycles. The summed E-state index contributed by atoms with van der Waals surface area (Å²) in [4.78, 5) is 13.4. The van der Waals surface area contributed by atoms with Crippen LogP contribution in [-0.2, 0) is 4.74 Å². The zero-order valence-electron chi connectivity index (χ0n) is 11.0. The number of aryl methyl sites for hydroxylation is 1. The van der Waals surface area contributed by atoms with Crippen LogP contribution in [0.15, 0.2) is 18.2 Å². The Morgan fingerprint density at radius 1 is 1.33 bits per heavy atom. The molecule has 98 valence electrons. The van der Waals surface area contributed by atoms with Crippen LogP contribution in [0.4, 0.5) is 5.69 Å². The molecule has 0 spiro atoms. The average molecular weight is 249 g/mol. The highest BCUT2D eigenvalue weighted by molar-refractivity contribution is 5.95. The molecular weight excluding hydrogens is 230 g/mol. The van der Waals surface area contributed by atoms with Crippen molar-refractivity contribution in [2.24, 2.45) is 0 Å². The second-order valence-corrected chi connectivity index (χ2v) is 4.94. The fourth-order valence-corrected chi connectivity index (χ4v) is 2.61. The lowest BCUT2D eigenvalue weighted by Crippen LogP contribution is -2.46. The lowest BCUT2D eigenvalue weighted by molar-refractivity contribution is -0.00534. The molecule has 0 radical (unpaired) electrons. The number of carbonyl (C=O) groups is 1. The zero-order chi connectivity index (χ0) is 13.3. The number of hydrogen-bond donors (Lipinski definition) is 1. The molecule has 2 rings (SSSR count). The van der Waals surface area contributed by atoms with Crippen LogP contribution in [0.5, 0.6) is 0 Å². The van der Waals surface area contributed by atoms with Crippen LogP contribution < -0.4 is 4.90 Å². The second-order valence-electron chi connectivity index (χ2n) is 4.94. The van der Waals surface area contributed by atoms with Gasteiger partial charge in [0.2, 0.25) is 0 Å². The van der Waals surface area contributed by atoms with E-state index in [0.29, 0.717) is 5.56 Å². The molecule has 1 N–H and O–H groups in total. The predicted octanol–water partition coefficient (Wildman–Crippen LogP) is 2.31. The van der Waals surface area contributed by atoms with E-state index in [1.807, 2.05) is 26.8 Å². The summed E-state index contributed by atoms with van der Waals surface area (Å²) in [6.07, 6.45) is 0.241. The molecule has 1 aromatic rings. The highest BCUT2D eigenvalue weighted by atomic mass is 16.5. The molecule has 0 amide bonds. The van der Waals surface area contributed by atoms with Crippen molar-refractivity contribution < 1.29 is 14.6 Å². The Balaban J connectivity index is 2.40. The van der Waals surface area contributed by atoms with E-state index in [2.05, 4.69) is 4.90 Å². The molecule has 18 heavy (non-hydrogen) atoms. The van der Waals surface area contributed by atoms with E-state index in [-0.39, 0.29) is 12.2 Å². The summed E-state index contributed by atoms with van der Waals surface area (Å²) in [5.74, 6) is -0.875. The number of rotatable bonds is 2. The standard InChI is InChI=1S/C14H19NO3/c1-9-5-4-6-12(14(16)17)13(9)15-7-10(2)18-11(3)8-15/h4-6,10-11H,7-8H2,1-3H3,(H,16,17). The number of aromatic carboxylic acids is 1. The summed E-state index contributed by atoms with van der Waals surface area (Å²) in [5, 5.41) is 9.29. The predicted molar refractivity (Wildman–Crippen MR) is 70.4 cm³/mol. The Hall–Kier alpha value is -1.55. The van der Waals surface area contributed by atoms with Crippen molar-refractivity contribution in [3.63, 3.8) is 0 Å². The lowest BCUT2D eigenvalue weighted by Gasteiger charge is -2.38. The number of carboxylic acid groups (broad SMARTS) is 1. The molecule has 1 aliphatic heterocycles. The van der Waals surface area contributed by atoms with Crippen LogP contribution in [-0.4, -0.2) is 36.4 Å². The van der Waals surface area contributed by atoms with Crippen LogP contribution in [0.3, 0.4) is 0 Å². The Labute approximate surface area is 107 Å². The van der Waals surface area contributed by atoms with Gasteiger partial charge in [0.15, 0.2) is 0 Å². The van der Waals surface area contributed by atoms with E-state index < -0.39 is 5.97 Å². The maximum Gasteiger partial charge on any atom is 0.337 e. The summed E-state index contributed by atoms with van der Waals surface area (Å²) in [6.45, 7) is 7.44. The topological polar surface area (TPSA) is 49.8 Å². The number of morpholine rings is 1. The third-order valence-corrected chi connectivity index (χ3v) is 3.20. The first-order valence-corrected chi connectivity index (χ1v) is 6.22. The molecule has 1 saturated heterocycles. The van der Waals surface area contributed by atoms with E-state index in [4.69, 9.17) is 4.74 Å². The second kappa shape index (κ2) is 4.98. The van der Waals surface area contributed by atoms with Gasteiger partial charge in [-0.1, -0.05) is 12.1 Å². The molecular formula is C14H19NO3. The molecule has 0 bridgehead atoms. The number of benzene rings is 1. The zero-order valence-corrected chi connectivity index (χ0v) is 11.0. The van der Waals surface area contributed by atoms with Gasteiger partial charge in [-0.15, -0.1) is 0 Å². The number of para-hydroxylation sites is 1. The Kier molecular flexibility index (Phi) is 3.57. The number of nitrogens with zero attached hydrogens (tertiary/aromatic N) is 1. The highest BCUT2D eigenvalue weighted by Crippen LogP contribution is 2.28. The van der Waals surface area contributed by atoms with Gasteiger partial charge in [-0.05, 0) is 32.4 Å². The van der Waals surface area contributed by atoms with E-state index in [9.17, 15) is 9.90 Å². The molecule has 0 aromatic heterocycles. The molecule has 1 fully saturated rings. The molecule has 0 aliphatic carbocycles. The lowest BCUT2D eigenvalue weighted by atomic mass is 10.0. The highest BCUT2D eigenvalue weighted by Gasteiger charge is 2.26. The molecule has 0 saturated carbocycles. The van der Waals surface area contributed by atoms with Gasteiger partial charge >= 0.3 is 5.97 Å². The van der Waals surface area contributed by atoms with Gasteiger partial charge in [0.05, 0.1) is 23.5 Å². The van der Waals surface area contributed by atoms with Gasteiger partial charge < -0.3 is 14.7 Å². The van der Waals surface area contributed by atoms with Crippen LogP contribution >= 0.6 is 0 Å². The van der Waals surface area contributed by atoms with Crippen LogP contribution in [0.2, 0.25) is 0 Å². The van der Waals surface area contributed by atoms with Crippen molar-refractivity contribution in [2.45, 2.75) is 33.0 Å². The van der Waals surface area contributed by atoms with Gasteiger partial charge in [0.25, 0.3) is 0 Å². The minimum absolute atomic E-state index is 0.120. The minimum Gasteiger partial charge on any atom is -0.478 e. The first-order chi connectivity index (χ1) is 8.49. The van der Waals surface area contributed by atoms with Gasteiger partial charge in [-0.2, -0.15) is 0 Å². The maximum absolute atomic E-state index is 11.3. The Bertz CT molecular complexity index is 448. The first-order valence-electron chi connectivity index (χ1n) is 6.22. The fraction of sp³-hybridized carbons (Fsp3) is 0.500. The van der Waals surface area contributed by atoms with Crippen molar-refractivity contribution in [3.8, 4) is 0 Å².